The molecule has 2 nitrogen and oxygen atoms in total. The van der Waals surface area contributed by atoms with Crippen LogP contribution in [0.4, 0.5) is 0 Å². The van der Waals surface area contributed by atoms with Crippen molar-refractivity contribution in [3.05, 3.63) is 63.4 Å². The Morgan fingerprint density at radius 1 is 1.17 bits per heavy atom. The number of halogens is 1. The molecule has 0 bridgehead atoms. The number of aryl methyl sites for hydroxylation is 2. The second-order valence-corrected chi connectivity index (χ2v) is 5.58. The van der Waals surface area contributed by atoms with Crippen molar-refractivity contribution in [3.8, 4) is 0 Å². The third kappa shape index (κ3) is 2.08. The summed E-state index contributed by atoms with van der Waals surface area (Å²) in [7, 11) is 0. The third-order valence-electron chi connectivity index (χ3n) is 3.56. The molecule has 1 aromatic carbocycles. The molecule has 92 valence electrons. The van der Waals surface area contributed by atoms with Crippen LogP contribution in [0, 0.1) is 0 Å². The first kappa shape index (κ1) is 11.9. The number of fused-ring (bicyclic) bond motifs is 1. The molecule has 0 spiro atoms. The standard InChI is InChI=1S/C15H15BrN2/c16-13-5-2-8-18-15(13)14(17)12-7-6-10-3-1-4-11(10)9-12/h2,5-9,14H,1,3-4,17H2. The van der Waals surface area contributed by atoms with Gasteiger partial charge in [-0.2, -0.15) is 0 Å². The lowest BCUT2D eigenvalue weighted by molar-refractivity contribution is 0.820. The van der Waals surface area contributed by atoms with Crippen molar-refractivity contribution in [1.82, 2.24) is 4.98 Å². The van der Waals surface area contributed by atoms with Gasteiger partial charge in [0, 0.05) is 10.7 Å². The fourth-order valence-corrected chi connectivity index (χ4v) is 3.07. The molecular weight excluding hydrogens is 288 g/mol. The van der Waals surface area contributed by atoms with Crippen LogP contribution in [0.25, 0.3) is 0 Å². The summed E-state index contributed by atoms with van der Waals surface area (Å²) in [6.07, 6.45) is 5.44. The molecule has 0 aliphatic heterocycles. The van der Waals surface area contributed by atoms with E-state index in [1.807, 2.05) is 12.1 Å². The highest BCUT2D eigenvalue weighted by molar-refractivity contribution is 9.10. The van der Waals surface area contributed by atoms with Crippen LogP contribution >= 0.6 is 15.9 Å². The molecular formula is C15H15BrN2. The van der Waals surface area contributed by atoms with E-state index in [-0.39, 0.29) is 6.04 Å². The number of nitrogens with two attached hydrogens (primary N) is 1. The highest BCUT2D eigenvalue weighted by Crippen LogP contribution is 2.29. The Kier molecular flexibility index (Phi) is 3.18. The molecule has 1 unspecified atom stereocenters. The van der Waals surface area contributed by atoms with Gasteiger partial charge in [-0.05, 0) is 64.0 Å². The van der Waals surface area contributed by atoms with Crippen LogP contribution in [0.3, 0.4) is 0 Å². The lowest BCUT2D eigenvalue weighted by Crippen LogP contribution is -2.14. The smallest absolute Gasteiger partial charge is 0.0758 e. The lowest BCUT2D eigenvalue weighted by atomic mass is 9.99. The van der Waals surface area contributed by atoms with Gasteiger partial charge in [0.2, 0.25) is 0 Å². The number of hydrogen-bond donors (Lipinski definition) is 1. The molecule has 3 rings (SSSR count). The van der Waals surface area contributed by atoms with Crippen molar-refractivity contribution in [2.75, 3.05) is 0 Å². The molecule has 0 saturated carbocycles. The average molecular weight is 303 g/mol. The summed E-state index contributed by atoms with van der Waals surface area (Å²) in [6, 6.07) is 10.3. The van der Waals surface area contributed by atoms with Gasteiger partial charge in [0.15, 0.2) is 0 Å². The fourth-order valence-electron chi connectivity index (χ4n) is 2.57. The van der Waals surface area contributed by atoms with Gasteiger partial charge in [0.25, 0.3) is 0 Å². The van der Waals surface area contributed by atoms with Crippen LogP contribution in [-0.4, -0.2) is 4.98 Å². The Morgan fingerprint density at radius 2 is 2.00 bits per heavy atom. The Morgan fingerprint density at radius 3 is 2.83 bits per heavy atom. The lowest BCUT2D eigenvalue weighted by Gasteiger charge is -2.14. The normalized spacial score (nSPS) is 15.4. The number of benzene rings is 1. The number of aromatic nitrogens is 1. The first-order valence-corrected chi connectivity index (χ1v) is 7.02. The molecule has 1 aliphatic rings. The molecule has 0 radical (unpaired) electrons. The SMILES string of the molecule is NC(c1ccc2c(c1)CCC2)c1ncccc1Br. The molecule has 1 aromatic heterocycles. The molecule has 0 saturated heterocycles. The van der Waals surface area contributed by atoms with E-state index in [9.17, 15) is 0 Å². The van der Waals surface area contributed by atoms with E-state index >= 15 is 0 Å². The topological polar surface area (TPSA) is 38.9 Å². The van der Waals surface area contributed by atoms with Crippen molar-refractivity contribution >= 4 is 15.9 Å². The Labute approximate surface area is 115 Å². The van der Waals surface area contributed by atoms with E-state index in [1.165, 1.54) is 30.4 Å². The van der Waals surface area contributed by atoms with Crippen LogP contribution in [0.15, 0.2) is 41.0 Å². The van der Waals surface area contributed by atoms with Crippen LogP contribution < -0.4 is 5.73 Å². The number of pyridine rings is 1. The molecule has 3 heteroatoms. The van der Waals surface area contributed by atoms with Crippen LogP contribution in [0.2, 0.25) is 0 Å². The predicted octanol–water partition coefficient (Wildman–Crippen LogP) is 3.38. The van der Waals surface area contributed by atoms with Gasteiger partial charge in [-0.1, -0.05) is 18.2 Å². The largest absolute Gasteiger partial charge is 0.319 e. The van der Waals surface area contributed by atoms with Crippen molar-refractivity contribution in [2.45, 2.75) is 25.3 Å². The van der Waals surface area contributed by atoms with Crippen LogP contribution in [0.5, 0.6) is 0 Å². The number of rotatable bonds is 2. The quantitative estimate of drug-likeness (QED) is 0.923. The Balaban J connectivity index is 1.98. The summed E-state index contributed by atoms with van der Waals surface area (Å²) in [6.45, 7) is 0. The van der Waals surface area contributed by atoms with Crippen molar-refractivity contribution in [2.24, 2.45) is 5.73 Å². The number of hydrogen-bond acceptors (Lipinski definition) is 2. The van der Waals surface area contributed by atoms with E-state index in [0.717, 1.165) is 15.7 Å². The van der Waals surface area contributed by atoms with Gasteiger partial charge >= 0.3 is 0 Å². The Hall–Kier alpha value is -1.19. The highest BCUT2D eigenvalue weighted by atomic mass is 79.9. The minimum absolute atomic E-state index is 0.161. The van der Waals surface area contributed by atoms with E-state index in [1.54, 1.807) is 6.20 Å². The van der Waals surface area contributed by atoms with Gasteiger partial charge in [0.1, 0.15) is 0 Å². The maximum Gasteiger partial charge on any atom is 0.0758 e. The molecule has 1 aliphatic carbocycles. The summed E-state index contributed by atoms with van der Waals surface area (Å²) in [4.78, 5) is 4.38. The first-order chi connectivity index (χ1) is 8.75. The second-order valence-electron chi connectivity index (χ2n) is 4.73. The summed E-state index contributed by atoms with van der Waals surface area (Å²) < 4.78 is 0.970. The Bertz CT molecular complexity index is 580. The van der Waals surface area contributed by atoms with Gasteiger partial charge in [-0.25, -0.2) is 0 Å². The molecule has 2 aromatic rings. The molecule has 18 heavy (non-hydrogen) atoms. The predicted molar refractivity (Wildman–Crippen MR) is 76.4 cm³/mol. The zero-order chi connectivity index (χ0) is 12.5. The summed E-state index contributed by atoms with van der Waals surface area (Å²) in [5.41, 5.74) is 11.3. The molecule has 1 heterocycles. The summed E-state index contributed by atoms with van der Waals surface area (Å²) in [5, 5.41) is 0. The molecule has 0 fully saturated rings. The maximum absolute atomic E-state index is 6.32. The monoisotopic (exact) mass is 302 g/mol. The van der Waals surface area contributed by atoms with Crippen molar-refractivity contribution in [3.63, 3.8) is 0 Å². The van der Waals surface area contributed by atoms with Gasteiger partial charge in [0.05, 0.1) is 11.7 Å². The zero-order valence-corrected chi connectivity index (χ0v) is 11.7. The van der Waals surface area contributed by atoms with Crippen molar-refractivity contribution < 1.29 is 0 Å². The zero-order valence-electron chi connectivity index (χ0n) is 10.1. The second kappa shape index (κ2) is 4.82. The fraction of sp³-hybridized carbons (Fsp3) is 0.267. The third-order valence-corrected chi connectivity index (χ3v) is 4.23. The van der Waals surface area contributed by atoms with Crippen LogP contribution in [-0.2, 0) is 12.8 Å². The molecule has 0 amide bonds. The van der Waals surface area contributed by atoms with E-state index in [4.69, 9.17) is 5.73 Å². The highest BCUT2D eigenvalue weighted by Gasteiger charge is 2.17. The maximum atomic E-state index is 6.32. The molecule has 2 N–H and O–H groups in total. The minimum atomic E-state index is -0.161. The van der Waals surface area contributed by atoms with E-state index < -0.39 is 0 Å². The van der Waals surface area contributed by atoms with E-state index in [0.29, 0.717) is 0 Å². The van der Waals surface area contributed by atoms with Gasteiger partial charge < -0.3 is 5.73 Å². The average Bonchev–Trinajstić information content (AvgIpc) is 2.85. The number of nitrogens with zero attached hydrogens (tertiary/aromatic N) is 1. The summed E-state index contributed by atoms with van der Waals surface area (Å²) >= 11 is 3.51. The first-order valence-electron chi connectivity index (χ1n) is 6.23. The van der Waals surface area contributed by atoms with Crippen LogP contribution in [0.1, 0.15) is 34.8 Å². The summed E-state index contributed by atoms with van der Waals surface area (Å²) in [5.74, 6) is 0. The van der Waals surface area contributed by atoms with Gasteiger partial charge in [-0.3, -0.25) is 4.98 Å². The molecule has 1 atom stereocenters. The van der Waals surface area contributed by atoms with Gasteiger partial charge in [-0.15, -0.1) is 0 Å². The minimum Gasteiger partial charge on any atom is -0.319 e. The van der Waals surface area contributed by atoms with Crippen molar-refractivity contribution in [1.29, 1.82) is 0 Å². The van der Waals surface area contributed by atoms with E-state index in [2.05, 4.69) is 39.1 Å².